The fourth-order valence-corrected chi connectivity index (χ4v) is 3.12. The molecule has 0 radical (unpaired) electrons. The van der Waals surface area contributed by atoms with E-state index in [9.17, 15) is 9.59 Å². The van der Waals surface area contributed by atoms with Crippen molar-refractivity contribution in [3.8, 4) is 0 Å². The Morgan fingerprint density at radius 1 is 1.19 bits per heavy atom. The van der Waals surface area contributed by atoms with Crippen molar-refractivity contribution in [3.63, 3.8) is 0 Å². The van der Waals surface area contributed by atoms with Crippen LogP contribution >= 0.6 is 0 Å². The van der Waals surface area contributed by atoms with E-state index in [4.69, 9.17) is 0 Å². The summed E-state index contributed by atoms with van der Waals surface area (Å²) < 4.78 is 1.77. The Kier molecular flexibility index (Phi) is 4.97. The fraction of sp³-hybridized carbons (Fsp3) is 0.421. The lowest BCUT2D eigenvalue weighted by molar-refractivity contribution is -0.118. The van der Waals surface area contributed by atoms with E-state index in [0.717, 1.165) is 23.4 Å². The van der Waals surface area contributed by atoms with Crippen molar-refractivity contribution in [2.24, 2.45) is 0 Å². The molecule has 0 fully saturated rings. The van der Waals surface area contributed by atoms with Gasteiger partial charge in [-0.15, -0.1) is 0 Å². The van der Waals surface area contributed by atoms with Gasteiger partial charge in [0.25, 0.3) is 0 Å². The highest BCUT2D eigenvalue weighted by molar-refractivity contribution is 5.97. The molecule has 2 amide bonds. The highest BCUT2D eigenvalue weighted by Crippen LogP contribution is 2.29. The van der Waals surface area contributed by atoms with E-state index in [1.165, 1.54) is 0 Å². The zero-order chi connectivity index (χ0) is 18.8. The molecule has 0 saturated heterocycles. The molecular formula is C19H25N5O2. The summed E-state index contributed by atoms with van der Waals surface area (Å²) in [6.07, 6.45) is 2.92. The van der Waals surface area contributed by atoms with Gasteiger partial charge in [0.05, 0.1) is 6.20 Å². The summed E-state index contributed by atoms with van der Waals surface area (Å²) in [4.78, 5) is 26.0. The van der Waals surface area contributed by atoms with Crippen LogP contribution in [0.5, 0.6) is 0 Å². The number of carbonyl (C=O) groups excluding carboxylic acids is 2. The Labute approximate surface area is 153 Å². The van der Waals surface area contributed by atoms with E-state index in [2.05, 4.69) is 15.7 Å². The quantitative estimate of drug-likeness (QED) is 0.864. The van der Waals surface area contributed by atoms with E-state index in [1.54, 1.807) is 28.9 Å². The van der Waals surface area contributed by atoms with Crippen molar-refractivity contribution in [2.45, 2.75) is 45.7 Å². The van der Waals surface area contributed by atoms with Crippen molar-refractivity contribution in [1.29, 1.82) is 0 Å². The number of hydrogen-bond acceptors (Lipinski definition) is 4. The predicted molar refractivity (Wildman–Crippen MR) is 102 cm³/mol. The van der Waals surface area contributed by atoms with Gasteiger partial charge in [-0.25, -0.2) is 4.68 Å². The Bertz CT molecular complexity index is 827. The van der Waals surface area contributed by atoms with Gasteiger partial charge in [-0.1, -0.05) is 0 Å². The number of amides is 2. The Morgan fingerprint density at radius 3 is 2.69 bits per heavy atom. The van der Waals surface area contributed by atoms with Gasteiger partial charge >= 0.3 is 0 Å². The molecule has 0 aliphatic carbocycles. The molecule has 7 nitrogen and oxygen atoms in total. The number of benzene rings is 1. The number of nitrogens with zero attached hydrogens (tertiary/aromatic N) is 3. The van der Waals surface area contributed by atoms with Crippen molar-refractivity contribution in [1.82, 2.24) is 9.78 Å². The molecule has 1 aliphatic heterocycles. The van der Waals surface area contributed by atoms with E-state index in [1.807, 2.05) is 39.0 Å². The van der Waals surface area contributed by atoms with Crippen LogP contribution in [-0.4, -0.2) is 34.7 Å². The minimum absolute atomic E-state index is 0.127. The zero-order valence-electron chi connectivity index (χ0n) is 15.6. The van der Waals surface area contributed by atoms with Crippen LogP contribution < -0.4 is 15.5 Å². The number of aromatic nitrogens is 2. The lowest BCUT2D eigenvalue weighted by Gasteiger charge is -2.26. The molecular weight excluding hydrogens is 330 g/mol. The van der Waals surface area contributed by atoms with Crippen molar-refractivity contribution < 1.29 is 9.59 Å². The van der Waals surface area contributed by atoms with Gasteiger partial charge in [0.2, 0.25) is 11.8 Å². The van der Waals surface area contributed by atoms with Crippen LogP contribution in [0.2, 0.25) is 0 Å². The first-order valence-corrected chi connectivity index (χ1v) is 8.87. The van der Waals surface area contributed by atoms with Gasteiger partial charge in [0.1, 0.15) is 11.9 Å². The smallest absolute Gasteiger partial charge is 0.247 e. The van der Waals surface area contributed by atoms with Gasteiger partial charge in [-0.2, -0.15) is 5.10 Å². The standard InChI is InChI=1S/C19H25N5O2/c1-12(2)24-17(9-10-20-24)22-19(26)13(3)21-15-6-7-16-14(11-15)5-8-18(25)23(16)4/h6-7,9-13,21H,5,8H2,1-4H3,(H,22,26). The molecule has 3 rings (SSSR count). The molecule has 0 spiro atoms. The minimum Gasteiger partial charge on any atom is -0.374 e. The van der Waals surface area contributed by atoms with Crippen LogP contribution in [0.3, 0.4) is 0 Å². The SMILES string of the molecule is CC(Nc1ccc2c(c1)CCC(=O)N2C)C(=O)Nc1ccnn1C(C)C. The van der Waals surface area contributed by atoms with Crippen molar-refractivity contribution in [2.75, 3.05) is 22.6 Å². The highest BCUT2D eigenvalue weighted by Gasteiger charge is 2.22. The van der Waals surface area contributed by atoms with E-state index >= 15 is 0 Å². The second-order valence-electron chi connectivity index (χ2n) is 6.91. The van der Waals surface area contributed by atoms with E-state index in [0.29, 0.717) is 12.2 Å². The summed E-state index contributed by atoms with van der Waals surface area (Å²) in [5.41, 5.74) is 2.92. The second-order valence-corrected chi connectivity index (χ2v) is 6.91. The number of nitrogens with one attached hydrogen (secondary N) is 2. The molecule has 1 unspecified atom stereocenters. The average molecular weight is 355 g/mol. The van der Waals surface area contributed by atoms with Gasteiger partial charge in [0, 0.05) is 37.0 Å². The third-order valence-corrected chi connectivity index (χ3v) is 4.61. The number of rotatable bonds is 5. The molecule has 138 valence electrons. The summed E-state index contributed by atoms with van der Waals surface area (Å²) in [7, 11) is 1.79. The summed E-state index contributed by atoms with van der Waals surface area (Å²) in [6, 6.07) is 7.38. The Hall–Kier alpha value is -2.83. The highest BCUT2D eigenvalue weighted by atomic mass is 16.2. The van der Waals surface area contributed by atoms with Gasteiger partial charge in [-0.3, -0.25) is 9.59 Å². The van der Waals surface area contributed by atoms with E-state index < -0.39 is 6.04 Å². The summed E-state index contributed by atoms with van der Waals surface area (Å²) >= 11 is 0. The number of hydrogen-bond donors (Lipinski definition) is 2. The van der Waals surface area contributed by atoms with Crippen LogP contribution in [0.15, 0.2) is 30.5 Å². The Balaban J connectivity index is 1.68. The first kappa shape index (κ1) is 18.0. The second kappa shape index (κ2) is 7.19. The van der Waals surface area contributed by atoms with Crippen LogP contribution in [0.4, 0.5) is 17.2 Å². The average Bonchev–Trinajstić information content (AvgIpc) is 3.06. The van der Waals surface area contributed by atoms with Crippen molar-refractivity contribution >= 4 is 29.0 Å². The topological polar surface area (TPSA) is 79.3 Å². The largest absolute Gasteiger partial charge is 0.374 e. The molecule has 1 aromatic carbocycles. The number of carbonyl (C=O) groups is 2. The van der Waals surface area contributed by atoms with Gasteiger partial charge in [0.15, 0.2) is 0 Å². The molecule has 2 heterocycles. The molecule has 1 atom stereocenters. The summed E-state index contributed by atoms with van der Waals surface area (Å²) in [6.45, 7) is 5.85. The molecule has 1 aliphatic rings. The first-order valence-electron chi connectivity index (χ1n) is 8.87. The van der Waals surface area contributed by atoms with Crippen LogP contribution in [0, 0.1) is 0 Å². The zero-order valence-corrected chi connectivity index (χ0v) is 15.6. The predicted octanol–water partition coefficient (Wildman–Crippen LogP) is 2.81. The minimum atomic E-state index is -0.411. The van der Waals surface area contributed by atoms with E-state index in [-0.39, 0.29) is 17.9 Å². The molecule has 0 bridgehead atoms. The van der Waals surface area contributed by atoms with Crippen molar-refractivity contribution in [3.05, 3.63) is 36.0 Å². The van der Waals surface area contributed by atoms with Gasteiger partial charge < -0.3 is 15.5 Å². The lowest BCUT2D eigenvalue weighted by atomic mass is 10.0. The van der Waals surface area contributed by atoms with Crippen LogP contribution in [-0.2, 0) is 16.0 Å². The number of aryl methyl sites for hydroxylation is 1. The maximum atomic E-state index is 12.5. The Morgan fingerprint density at radius 2 is 1.96 bits per heavy atom. The maximum Gasteiger partial charge on any atom is 0.247 e. The molecule has 0 saturated carbocycles. The first-order chi connectivity index (χ1) is 12.4. The monoisotopic (exact) mass is 355 g/mol. The normalized spacial score (nSPS) is 15.0. The van der Waals surface area contributed by atoms with Crippen LogP contribution in [0.25, 0.3) is 0 Å². The fourth-order valence-electron chi connectivity index (χ4n) is 3.12. The third kappa shape index (κ3) is 3.56. The maximum absolute atomic E-state index is 12.5. The molecule has 26 heavy (non-hydrogen) atoms. The molecule has 2 N–H and O–H groups in total. The van der Waals surface area contributed by atoms with Gasteiger partial charge in [-0.05, 0) is 51.0 Å². The molecule has 7 heteroatoms. The lowest BCUT2D eigenvalue weighted by Crippen LogP contribution is -2.33. The summed E-state index contributed by atoms with van der Waals surface area (Å²) in [5.74, 6) is 0.689. The third-order valence-electron chi connectivity index (χ3n) is 4.61. The number of anilines is 3. The number of fused-ring (bicyclic) bond motifs is 1. The summed E-state index contributed by atoms with van der Waals surface area (Å²) in [5, 5.41) is 10.4. The van der Waals surface area contributed by atoms with Crippen LogP contribution in [0.1, 0.15) is 38.8 Å². The molecule has 2 aromatic rings. The molecule has 1 aromatic heterocycles.